The van der Waals surface area contributed by atoms with Gasteiger partial charge in [-0.3, -0.25) is 9.59 Å². The van der Waals surface area contributed by atoms with Crippen LogP contribution < -0.4 is 11.1 Å². The third kappa shape index (κ3) is 3.84. The summed E-state index contributed by atoms with van der Waals surface area (Å²) in [5.41, 5.74) is 4.18. The Balaban J connectivity index is 2.39. The number of rotatable bonds is 6. The highest BCUT2D eigenvalue weighted by Gasteiger charge is 2.44. The van der Waals surface area contributed by atoms with Crippen LogP contribution in [0, 0.1) is 5.41 Å². The van der Waals surface area contributed by atoms with Crippen LogP contribution in [0.3, 0.4) is 0 Å². The minimum Gasteiger partial charge on any atom is -0.481 e. The van der Waals surface area contributed by atoms with Crippen molar-refractivity contribution in [2.24, 2.45) is 11.1 Å². The molecule has 0 spiro atoms. The summed E-state index contributed by atoms with van der Waals surface area (Å²) in [5.74, 6) is -1.25. The number of nitrogens with one attached hydrogen (secondary N) is 1. The van der Waals surface area contributed by atoms with Gasteiger partial charge in [0.15, 0.2) is 0 Å². The van der Waals surface area contributed by atoms with E-state index in [0.29, 0.717) is 32.4 Å². The number of amides is 3. The van der Waals surface area contributed by atoms with Crippen molar-refractivity contribution < 1.29 is 19.5 Å². The molecule has 0 aromatic carbocycles. The predicted octanol–water partition coefficient (Wildman–Crippen LogP) is 0.148. The Bertz CT molecular complexity index is 372. The van der Waals surface area contributed by atoms with E-state index in [4.69, 9.17) is 5.73 Å². The largest absolute Gasteiger partial charge is 0.481 e. The normalized spacial score (nSPS) is 22.3. The van der Waals surface area contributed by atoms with Crippen LogP contribution >= 0.6 is 0 Å². The van der Waals surface area contributed by atoms with Gasteiger partial charge in [0.25, 0.3) is 0 Å². The van der Waals surface area contributed by atoms with E-state index in [9.17, 15) is 19.5 Å². The topological polar surface area (TPSA) is 113 Å². The van der Waals surface area contributed by atoms with Crippen molar-refractivity contribution in [3.8, 4) is 0 Å². The second-order valence-corrected chi connectivity index (χ2v) is 4.91. The number of likely N-dealkylation sites (tertiary alicyclic amines) is 1. The molecule has 1 unspecified atom stereocenters. The molecule has 7 nitrogen and oxygen atoms in total. The first kappa shape index (κ1) is 15.3. The molecule has 108 valence electrons. The fourth-order valence-electron chi connectivity index (χ4n) is 2.23. The Kier molecular flexibility index (Phi) is 5.14. The summed E-state index contributed by atoms with van der Waals surface area (Å²) in [5, 5.41) is 11.9. The molecule has 1 aliphatic rings. The third-order valence-electron chi connectivity index (χ3n) is 3.65. The molecule has 19 heavy (non-hydrogen) atoms. The van der Waals surface area contributed by atoms with Crippen LogP contribution in [0.2, 0.25) is 0 Å². The van der Waals surface area contributed by atoms with E-state index in [0.717, 1.165) is 0 Å². The molecule has 0 aliphatic carbocycles. The van der Waals surface area contributed by atoms with Crippen LogP contribution in [0.4, 0.5) is 4.79 Å². The summed E-state index contributed by atoms with van der Waals surface area (Å²) < 4.78 is 0. The maximum absolute atomic E-state index is 11.8. The van der Waals surface area contributed by atoms with Gasteiger partial charge in [-0.15, -0.1) is 0 Å². The van der Waals surface area contributed by atoms with E-state index in [1.54, 1.807) is 0 Å². The number of urea groups is 1. The Hall–Kier alpha value is -1.79. The molecule has 0 bridgehead atoms. The lowest BCUT2D eigenvalue weighted by molar-refractivity contribution is -0.148. The van der Waals surface area contributed by atoms with Gasteiger partial charge >= 0.3 is 12.0 Å². The van der Waals surface area contributed by atoms with E-state index in [1.165, 1.54) is 4.90 Å². The molecular formula is C12H21N3O4. The monoisotopic (exact) mass is 271 g/mol. The SMILES string of the molecule is CCC1(C(=O)O)CCN(C(=O)NCCCC(N)=O)C1. The van der Waals surface area contributed by atoms with Gasteiger partial charge < -0.3 is 21.1 Å². The lowest BCUT2D eigenvalue weighted by atomic mass is 9.84. The van der Waals surface area contributed by atoms with Crippen molar-refractivity contribution in [1.82, 2.24) is 10.2 Å². The third-order valence-corrected chi connectivity index (χ3v) is 3.65. The van der Waals surface area contributed by atoms with Crippen molar-refractivity contribution >= 4 is 17.9 Å². The molecule has 0 aromatic rings. The fourth-order valence-corrected chi connectivity index (χ4v) is 2.23. The number of aliphatic carboxylic acids is 1. The number of hydrogen-bond donors (Lipinski definition) is 3. The lowest BCUT2D eigenvalue weighted by Crippen LogP contribution is -2.42. The van der Waals surface area contributed by atoms with Crippen LogP contribution in [0.5, 0.6) is 0 Å². The molecule has 1 rings (SSSR count). The van der Waals surface area contributed by atoms with Crippen molar-refractivity contribution in [1.29, 1.82) is 0 Å². The molecule has 7 heteroatoms. The van der Waals surface area contributed by atoms with Crippen LogP contribution in [0.25, 0.3) is 0 Å². The van der Waals surface area contributed by atoms with Gasteiger partial charge in [0.1, 0.15) is 0 Å². The van der Waals surface area contributed by atoms with E-state index in [2.05, 4.69) is 5.32 Å². The van der Waals surface area contributed by atoms with Crippen molar-refractivity contribution in [2.75, 3.05) is 19.6 Å². The Labute approximate surface area is 112 Å². The average Bonchev–Trinajstić information content (AvgIpc) is 2.80. The summed E-state index contributed by atoms with van der Waals surface area (Å²) >= 11 is 0. The molecular weight excluding hydrogens is 250 g/mol. The number of nitrogens with two attached hydrogens (primary N) is 1. The van der Waals surface area contributed by atoms with Crippen LogP contribution in [-0.4, -0.2) is 47.5 Å². The molecule has 1 aliphatic heterocycles. The number of carbonyl (C=O) groups is 3. The first-order valence-corrected chi connectivity index (χ1v) is 6.46. The van der Waals surface area contributed by atoms with Gasteiger partial charge in [-0.2, -0.15) is 0 Å². The number of primary amides is 1. The highest BCUT2D eigenvalue weighted by atomic mass is 16.4. The van der Waals surface area contributed by atoms with Crippen molar-refractivity contribution in [3.05, 3.63) is 0 Å². The molecule has 0 radical (unpaired) electrons. The molecule has 1 heterocycles. The number of carboxylic acid groups (broad SMARTS) is 1. The van der Waals surface area contributed by atoms with Crippen molar-refractivity contribution in [2.45, 2.75) is 32.6 Å². The summed E-state index contributed by atoms with van der Waals surface area (Å²) in [7, 11) is 0. The van der Waals surface area contributed by atoms with E-state index in [1.807, 2.05) is 6.92 Å². The number of carbonyl (C=O) groups excluding carboxylic acids is 2. The van der Waals surface area contributed by atoms with Gasteiger partial charge in [0.2, 0.25) is 5.91 Å². The Morgan fingerprint density at radius 1 is 1.42 bits per heavy atom. The van der Waals surface area contributed by atoms with Crippen molar-refractivity contribution in [3.63, 3.8) is 0 Å². The predicted molar refractivity (Wildman–Crippen MR) is 68.4 cm³/mol. The molecule has 1 atom stereocenters. The fraction of sp³-hybridized carbons (Fsp3) is 0.750. The zero-order valence-electron chi connectivity index (χ0n) is 11.1. The first-order valence-electron chi connectivity index (χ1n) is 6.46. The minimum absolute atomic E-state index is 0.230. The maximum atomic E-state index is 11.8. The standard InChI is InChI=1S/C12H21N3O4/c1-2-12(10(17)18)5-7-15(8-12)11(19)14-6-3-4-9(13)16/h2-8H2,1H3,(H2,13,16)(H,14,19)(H,17,18). The highest BCUT2D eigenvalue weighted by Crippen LogP contribution is 2.34. The lowest BCUT2D eigenvalue weighted by Gasteiger charge is -2.23. The highest BCUT2D eigenvalue weighted by molar-refractivity contribution is 5.79. The van der Waals surface area contributed by atoms with E-state index < -0.39 is 17.3 Å². The summed E-state index contributed by atoms with van der Waals surface area (Å²) in [6.45, 7) is 2.87. The molecule has 0 saturated carbocycles. The summed E-state index contributed by atoms with van der Waals surface area (Å²) in [6.07, 6.45) is 1.71. The molecule has 3 amide bonds. The number of hydrogen-bond acceptors (Lipinski definition) is 3. The first-order chi connectivity index (χ1) is 8.91. The van der Waals surface area contributed by atoms with Gasteiger partial charge in [0, 0.05) is 26.1 Å². The number of carboxylic acids is 1. The summed E-state index contributed by atoms with van der Waals surface area (Å²) in [4.78, 5) is 35.1. The van der Waals surface area contributed by atoms with E-state index >= 15 is 0 Å². The zero-order valence-corrected chi connectivity index (χ0v) is 11.1. The van der Waals surface area contributed by atoms with Crippen LogP contribution in [-0.2, 0) is 9.59 Å². The molecule has 4 N–H and O–H groups in total. The van der Waals surface area contributed by atoms with Gasteiger partial charge in [-0.25, -0.2) is 4.79 Å². The molecule has 1 fully saturated rings. The van der Waals surface area contributed by atoms with Crippen LogP contribution in [0.15, 0.2) is 0 Å². The average molecular weight is 271 g/mol. The molecule has 1 saturated heterocycles. The van der Waals surface area contributed by atoms with E-state index in [-0.39, 0.29) is 19.0 Å². The second kappa shape index (κ2) is 6.40. The Morgan fingerprint density at radius 2 is 2.11 bits per heavy atom. The minimum atomic E-state index is -0.848. The Morgan fingerprint density at radius 3 is 2.58 bits per heavy atom. The summed E-state index contributed by atoms with van der Waals surface area (Å²) in [6, 6.07) is -0.277. The zero-order chi connectivity index (χ0) is 14.5. The smallest absolute Gasteiger partial charge is 0.317 e. The maximum Gasteiger partial charge on any atom is 0.317 e. The second-order valence-electron chi connectivity index (χ2n) is 4.91. The number of nitrogens with zero attached hydrogens (tertiary/aromatic N) is 1. The van der Waals surface area contributed by atoms with Crippen LogP contribution in [0.1, 0.15) is 32.6 Å². The molecule has 0 aromatic heterocycles. The quantitative estimate of drug-likeness (QED) is 0.597. The van der Waals surface area contributed by atoms with Gasteiger partial charge in [-0.1, -0.05) is 6.92 Å². The van der Waals surface area contributed by atoms with Gasteiger partial charge in [0.05, 0.1) is 5.41 Å². The van der Waals surface area contributed by atoms with Gasteiger partial charge in [-0.05, 0) is 19.3 Å².